The number of carbonyl (C=O) groups is 2. The largest absolute Gasteiger partial charge is 0.491 e. The van der Waals surface area contributed by atoms with Gasteiger partial charge in [-0.2, -0.15) is 4.31 Å². The summed E-state index contributed by atoms with van der Waals surface area (Å²) >= 11 is 0. The predicted octanol–water partition coefficient (Wildman–Crippen LogP) is 1.69. The monoisotopic (exact) mass is 494 g/mol. The topological polar surface area (TPSA) is 131 Å². The second-order valence-corrected chi connectivity index (χ2v) is 10.4. The number of fused-ring (bicyclic) bond motifs is 1. The van der Waals surface area contributed by atoms with Crippen molar-refractivity contribution < 1.29 is 32.0 Å². The van der Waals surface area contributed by atoms with Crippen molar-refractivity contribution in [3.8, 4) is 5.75 Å². The number of carbonyl (C=O) groups excluding carboxylic acids is 2. The average molecular weight is 495 g/mol. The van der Waals surface area contributed by atoms with Crippen LogP contribution in [0.3, 0.4) is 0 Å². The number of nitrogens with zero attached hydrogens (tertiary/aromatic N) is 3. The molecule has 3 atom stereocenters. The number of amides is 2. The molecule has 2 aromatic rings. The van der Waals surface area contributed by atoms with E-state index in [2.05, 4.69) is 10.5 Å². The first-order valence-corrected chi connectivity index (χ1v) is 12.6. The fourth-order valence-electron chi connectivity index (χ4n) is 3.81. The van der Waals surface area contributed by atoms with Crippen LogP contribution in [0.5, 0.6) is 5.75 Å². The summed E-state index contributed by atoms with van der Waals surface area (Å²) in [7, 11) is -0.348. The van der Waals surface area contributed by atoms with E-state index in [1.165, 1.54) is 34.6 Å². The first-order valence-electron chi connectivity index (χ1n) is 10.7. The summed E-state index contributed by atoms with van der Waals surface area (Å²) in [4.78, 5) is 27.2. The SMILES string of the molecule is CO[C@@H]1CN(C)C(=O)c2cc(NC(=O)c3ccno3)ccc2OC[C@H](C)N(S(C)(=O)=O)C[C@@H]1C. The number of ether oxygens (including phenoxy) is 2. The predicted molar refractivity (Wildman–Crippen MR) is 124 cm³/mol. The first kappa shape index (κ1) is 25.7. The number of methoxy groups -OCH3 is 1. The van der Waals surface area contributed by atoms with E-state index >= 15 is 0 Å². The highest BCUT2D eigenvalue weighted by Crippen LogP contribution is 2.27. The number of nitrogens with one attached hydrogen (secondary N) is 1. The number of rotatable bonds is 4. The van der Waals surface area contributed by atoms with Crippen LogP contribution in [-0.4, -0.2) is 86.8 Å². The summed E-state index contributed by atoms with van der Waals surface area (Å²) in [5, 5.41) is 6.18. The molecule has 11 nitrogen and oxygen atoms in total. The van der Waals surface area contributed by atoms with Crippen LogP contribution in [0.4, 0.5) is 5.69 Å². The summed E-state index contributed by atoms with van der Waals surface area (Å²) in [6, 6.07) is 5.60. The zero-order valence-electron chi connectivity index (χ0n) is 19.8. The van der Waals surface area contributed by atoms with Crippen molar-refractivity contribution in [2.75, 3.05) is 45.4 Å². The van der Waals surface area contributed by atoms with Crippen molar-refractivity contribution in [2.45, 2.75) is 26.0 Å². The Hall–Kier alpha value is -2.96. The van der Waals surface area contributed by atoms with E-state index in [0.717, 1.165) is 6.26 Å². The maximum Gasteiger partial charge on any atom is 0.294 e. The maximum atomic E-state index is 13.3. The Balaban J connectivity index is 1.97. The molecule has 1 aromatic heterocycles. The standard InChI is InChI=1S/C22H30N4O7S/c1-14-11-26(34(5,29)30)15(2)13-32-18-7-6-16(24-21(27)19-8-9-23-33-19)10-17(18)22(28)25(3)12-20(14)31-4/h6-10,14-15,20H,11-13H2,1-5H3,(H,24,27)/t14-,15-,20+/m0/s1. The van der Waals surface area contributed by atoms with Gasteiger partial charge in [0.15, 0.2) is 0 Å². The molecule has 0 unspecified atom stereocenters. The Morgan fingerprint density at radius 2 is 1.97 bits per heavy atom. The van der Waals surface area contributed by atoms with Gasteiger partial charge < -0.3 is 24.2 Å². The van der Waals surface area contributed by atoms with E-state index in [4.69, 9.17) is 14.0 Å². The van der Waals surface area contributed by atoms with Gasteiger partial charge >= 0.3 is 0 Å². The number of aromatic nitrogens is 1. The van der Waals surface area contributed by atoms with Gasteiger partial charge in [-0.1, -0.05) is 12.1 Å². The van der Waals surface area contributed by atoms with Gasteiger partial charge in [0.05, 0.1) is 30.2 Å². The third kappa shape index (κ3) is 5.93. The van der Waals surface area contributed by atoms with Crippen LogP contribution in [-0.2, 0) is 14.8 Å². The zero-order chi connectivity index (χ0) is 25.0. The van der Waals surface area contributed by atoms with E-state index in [9.17, 15) is 18.0 Å². The van der Waals surface area contributed by atoms with Gasteiger partial charge in [-0.05, 0) is 31.0 Å². The van der Waals surface area contributed by atoms with Gasteiger partial charge in [0, 0.05) is 39.0 Å². The summed E-state index contributed by atoms with van der Waals surface area (Å²) in [5.74, 6) is -0.730. The quantitative estimate of drug-likeness (QED) is 0.679. The molecule has 0 radical (unpaired) electrons. The van der Waals surface area contributed by atoms with Gasteiger partial charge in [-0.25, -0.2) is 8.42 Å². The molecule has 0 bridgehead atoms. The highest BCUT2D eigenvalue weighted by atomic mass is 32.2. The van der Waals surface area contributed by atoms with Crippen LogP contribution in [0.25, 0.3) is 0 Å². The fourth-order valence-corrected chi connectivity index (χ4v) is 5.03. The molecule has 1 aliphatic rings. The Labute approximate surface area is 199 Å². The van der Waals surface area contributed by atoms with Gasteiger partial charge in [0.1, 0.15) is 12.4 Å². The molecule has 186 valence electrons. The smallest absolute Gasteiger partial charge is 0.294 e. The van der Waals surface area contributed by atoms with Crippen LogP contribution < -0.4 is 10.1 Å². The number of hydrogen-bond acceptors (Lipinski definition) is 8. The van der Waals surface area contributed by atoms with Crippen LogP contribution >= 0.6 is 0 Å². The molecule has 1 aromatic carbocycles. The summed E-state index contributed by atoms with van der Waals surface area (Å²) in [6.07, 6.45) is 2.12. The molecule has 2 heterocycles. The molecular weight excluding hydrogens is 464 g/mol. The molecule has 2 amide bonds. The minimum absolute atomic E-state index is 0.0269. The van der Waals surface area contributed by atoms with E-state index < -0.39 is 28.1 Å². The molecule has 0 saturated carbocycles. The second kappa shape index (κ2) is 10.5. The molecular formula is C22H30N4O7S. The van der Waals surface area contributed by atoms with E-state index in [1.54, 1.807) is 26.1 Å². The Morgan fingerprint density at radius 3 is 2.59 bits per heavy atom. The zero-order valence-corrected chi connectivity index (χ0v) is 20.7. The average Bonchev–Trinajstić information content (AvgIpc) is 3.32. The van der Waals surface area contributed by atoms with Gasteiger partial charge in [0.2, 0.25) is 15.8 Å². The van der Waals surface area contributed by atoms with Crippen LogP contribution in [0.15, 0.2) is 35.0 Å². The number of benzene rings is 1. The lowest BCUT2D eigenvalue weighted by Gasteiger charge is -2.34. The lowest BCUT2D eigenvalue weighted by atomic mass is 10.0. The maximum absolute atomic E-state index is 13.3. The molecule has 0 fully saturated rings. The number of hydrogen-bond donors (Lipinski definition) is 1. The fraction of sp³-hybridized carbons (Fsp3) is 0.500. The molecule has 34 heavy (non-hydrogen) atoms. The summed E-state index contributed by atoms with van der Waals surface area (Å²) in [6.45, 7) is 4.13. The van der Waals surface area contributed by atoms with Gasteiger partial charge in [-0.15, -0.1) is 0 Å². The molecule has 1 aliphatic heterocycles. The second-order valence-electron chi connectivity index (χ2n) is 8.47. The summed E-state index contributed by atoms with van der Waals surface area (Å²) in [5.41, 5.74) is 0.583. The Bertz CT molecular complexity index is 1120. The van der Waals surface area contributed by atoms with Crippen LogP contribution in [0, 0.1) is 5.92 Å². The minimum Gasteiger partial charge on any atom is -0.491 e. The third-order valence-electron chi connectivity index (χ3n) is 5.73. The van der Waals surface area contributed by atoms with Gasteiger partial charge in [0.25, 0.3) is 11.8 Å². The highest BCUT2D eigenvalue weighted by Gasteiger charge is 2.32. The van der Waals surface area contributed by atoms with E-state index in [1.807, 2.05) is 6.92 Å². The Morgan fingerprint density at radius 1 is 1.24 bits per heavy atom. The number of anilines is 1. The lowest BCUT2D eigenvalue weighted by molar-refractivity contribution is 0.0213. The van der Waals surface area contributed by atoms with Crippen molar-refractivity contribution in [1.82, 2.24) is 14.4 Å². The molecule has 1 N–H and O–H groups in total. The molecule has 12 heteroatoms. The number of sulfonamides is 1. The van der Waals surface area contributed by atoms with Crippen LogP contribution in [0.2, 0.25) is 0 Å². The first-order chi connectivity index (χ1) is 16.0. The van der Waals surface area contributed by atoms with Crippen LogP contribution in [0.1, 0.15) is 34.8 Å². The van der Waals surface area contributed by atoms with Crippen molar-refractivity contribution in [2.24, 2.45) is 5.92 Å². The van der Waals surface area contributed by atoms with E-state index in [-0.39, 0.29) is 48.6 Å². The molecule has 0 spiro atoms. The third-order valence-corrected chi connectivity index (χ3v) is 7.09. The van der Waals surface area contributed by atoms with Crippen molar-refractivity contribution in [3.63, 3.8) is 0 Å². The molecule has 0 aliphatic carbocycles. The summed E-state index contributed by atoms with van der Waals surface area (Å²) < 4.78 is 42.7. The Kier molecular flexibility index (Phi) is 7.95. The highest BCUT2D eigenvalue weighted by molar-refractivity contribution is 7.88. The minimum atomic E-state index is -3.52. The normalized spacial score (nSPS) is 22.8. The van der Waals surface area contributed by atoms with Crippen molar-refractivity contribution >= 4 is 27.5 Å². The van der Waals surface area contributed by atoms with Crippen molar-refractivity contribution in [3.05, 3.63) is 41.8 Å². The lowest BCUT2D eigenvalue weighted by Crippen LogP contribution is -2.48. The van der Waals surface area contributed by atoms with Gasteiger partial charge in [-0.3, -0.25) is 9.59 Å². The molecule has 0 saturated heterocycles. The van der Waals surface area contributed by atoms with E-state index in [0.29, 0.717) is 5.69 Å². The van der Waals surface area contributed by atoms with Crippen molar-refractivity contribution in [1.29, 1.82) is 0 Å². The number of likely N-dealkylation sites (N-methyl/N-ethyl adjacent to an activating group) is 1. The molecule has 3 rings (SSSR count).